The Bertz CT molecular complexity index is 1580. The number of fused-ring (bicyclic) bond motifs is 1. The molecule has 0 radical (unpaired) electrons. The van der Waals surface area contributed by atoms with E-state index in [4.69, 9.17) is 23.2 Å². The van der Waals surface area contributed by atoms with Gasteiger partial charge in [-0.1, -0.05) is 47.5 Å². The minimum absolute atomic E-state index is 0.128. The average Bonchev–Trinajstić information content (AvgIpc) is 3.14. The molecule has 0 saturated carbocycles. The highest BCUT2D eigenvalue weighted by Crippen LogP contribution is 2.35. The van der Waals surface area contributed by atoms with E-state index in [-0.39, 0.29) is 17.9 Å². The van der Waals surface area contributed by atoms with Crippen molar-refractivity contribution in [3.05, 3.63) is 105 Å². The Labute approximate surface area is 206 Å². The molecule has 0 unspecified atom stereocenters. The van der Waals surface area contributed by atoms with Gasteiger partial charge in [0.15, 0.2) is 5.65 Å². The zero-order chi connectivity index (χ0) is 24.7. The highest BCUT2D eigenvalue weighted by atomic mass is 35.5. The van der Waals surface area contributed by atoms with Crippen LogP contribution in [-0.2, 0) is 12.7 Å². The number of alkyl halides is 3. The first-order valence-electron chi connectivity index (χ1n) is 10.2. The molecule has 0 bridgehead atoms. The van der Waals surface area contributed by atoms with Crippen molar-refractivity contribution in [3.63, 3.8) is 0 Å². The predicted molar refractivity (Wildman–Crippen MR) is 126 cm³/mol. The minimum atomic E-state index is -4.50. The van der Waals surface area contributed by atoms with Crippen LogP contribution in [0.25, 0.3) is 27.9 Å². The molecule has 2 aromatic carbocycles. The van der Waals surface area contributed by atoms with Crippen molar-refractivity contribution < 1.29 is 13.2 Å². The predicted octanol–water partition coefficient (Wildman–Crippen LogP) is 5.99. The molecule has 5 aromatic rings. The lowest BCUT2D eigenvalue weighted by atomic mass is 9.97. The number of hydrogen-bond donors (Lipinski definition) is 0. The Hall–Kier alpha value is -3.69. The average molecular weight is 516 g/mol. The summed E-state index contributed by atoms with van der Waals surface area (Å²) in [5.41, 5.74) is 1.99. The molecule has 3 heterocycles. The second kappa shape index (κ2) is 8.83. The van der Waals surface area contributed by atoms with E-state index in [0.29, 0.717) is 21.2 Å². The highest BCUT2D eigenvalue weighted by molar-refractivity contribution is 6.31. The number of benzene rings is 2. The van der Waals surface area contributed by atoms with Crippen molar-refractivity contribution in [1.29, 1.82) is 0 Å². The van der Waals surface area contributed by atoms with Gasteiger partial charge in [0, 0.05) is 27.4 Å². The molecule has 0 aliphatic heterocycles. The van der Waals surface area contributed by atoms with Gasteiger partial charge in [0.1, 0.15) is 0 Å². The molecule has 0 saturated heterocycles. The van der Waals surface area contributed by atoms with Gasteiger partial charge in [-0.15, -0.1) is 5.10 Å². The van der Waals surface area contributed by atoms with Crippen molar-refractivity contribution in [2.24, 2.45) is 0 Å². The quantitative estimate of drug-likeness (QED) is 0.294. The molecule has 0 spiro atoms. The summed E-state index contributed by atoms with van der Waals surface area (Å²) in [6, 6.07) is 16.3. The lowest BCUT2D eigenvalue weighted by molar-refractivity contribution is -0.137. The van der Waals surface area contributed by atoms with Crippen LogP contribution in [-0.4, -0.2) is 24.4 Å². The highest BCUT2D eigenvalue weighted by Gasteiger charge is 2.30. The van der Waals surface area contributed by atoms with Crippen LogP contribution >= 0.6 is 23.2 Å². The van der Waals surface area contributed by atoms with Crippen LogP contribution < -0.4 is 5.69 Å². The summed E-state index contributed by atoms with van der Waals surface area (Å²) >= 11 is 12.1. The number of pyridine rings is 1. The van der Waals surface area contributed by atoms with E-state index in [1.807, 2.05) is 12.1 Å². The van der Waals surface area contributed by atoms with Crippen molar-refractivity contribution in [1.82, 2.24) is 24.4 Å². The van der Waals surface area contributed by atoms with Gasteiger partial charge in [0.05, 0.1) is 24.0 Å². The van der Waals surface area contributed by atoms with Gasteiger partial charge in [0.25, 0.3) is 0 Å². The van der Waals surface area contributed by atoms with Crippen LogP contribution in [0.2, 0.25) is 10.0 Å². The second-order valence-electron chi connectivity index (χ2n) is 7.66. The summed E-state index contributed by atoms with van der Waals surface area (Å²) < 4.78 is 40.8. The molecule has 6 nitrogen and oxygen atoms in total. The topological polar surface area (TPSA) is 65.1 Å². The van der Waals surface area contributed by atoms with E-state index < -0.39 is 17.4 Å². The van der Waals surface area contributed by atoms with Crippen molar-refractivity contribution in [2.45, 2.75) is 12.7 Å². The molecular formula is C24H14Cl2F3N5O. The smallest absolute Gasteiger partial charge is 0.259 e. The van der Waals surface area contributed by atoms with Crippen LogP contribution in [0.4, 0.5) is 13.2 Å². The zero-order valence-electron chi connectivity index (χ0n) is 17.7. The van der Waals surface area contributed by atoms with E-state index in [2.05, 4.69) is 15.2 Å². The third kappa shape index (κ3) is 4.52. The van der Waals surface area contributed by atoms with Gasteiger partial charge in [-0.05, 0) is 47.5 Å². The SMILES string of the molecule is O=c1n(Cc2ccc(C(F)(F)F)cn2)nc2c(-c3ccc(Cl)cc3)c(-c3ccc(Cl)cc3)cnn12. The van der Waals surface area contributed by atoms with E-state index in [0.717, 1.165) is 32.6 Å². The maximum atomic E-state index is 13.0. The second-order valence-corrected chi connectivity index (χ2v) is 8.53. The molecule has 11 heteroatoms. The third-order valence-electron chi connectivity index (χ3n) is 5.37. The molecule has 0 N–H and O–H groups in total. The minimum Gasteiger partial charge on any atom is -0.259 e. The molecule has 0 fully saturated rings. The molecule has 176 valence electrons. The first kappa shape index (κ1) is 23.1. The molecule has 5 rings (SSSR count). The summed E-state index contributed by atoms with van der Waals surface area (Å²) in [5, 5.41) is 9.86. The first-order chi connectivity index (χ1) is 16.7. The van der Waals surface area contributed by atoms with E-state index in [9.17, 15) is 18.0 Å². The number of rotatable bonds is 4. The Morgan fingerprint density at radius 2 is 1.46 bits per heavy atom. The van der Waals surface area contributed by atoms with Crippen molar-refractivity contribution in [3.8, 4) is 22.3 Å². The van der Waals surface area contributed by atoms with Gasteiger partial charge < -0.3 is 0 Å². The van der Waals surface area contributed by atoms with Gasteiger partial charge >= 0.3 is 11.9 Å². The molecule has 35 heavy (non-hydrogen) atoms. The molecule has 0 aliphatic rings. The monoisotopic (exact) mass is 515 g/mol. The van der Waals surface area contributed by atoms with Crippen LogP contribution in [0, 0.1) is 0 Å². The summed E-state index contributed by atoms with van der Waals surface area (Å²) in [6.07, 6.45) is -2.21. The number of nitrogens with zero attached hydrogens (tertiary/aromatic N) is 5. The lowest BCUT2D eigenvalue weighted by Crippen LogP contribution is -2.23. The fourth-order valence-electron chi connectivity index (χ4n) is 3.65. The summed E-state index contributed by atoms with van der Waals surface area (Å²) in [5.74, 6) is 0. The van der Waals surface area contributed by atoms with Crippen LogP contribution in [0.1, 0.15) is 11.3 Å². The normalized spacial score (nSPS) is 11.8. The Morgan fingerprint density at radius 3 is 2.03 bits per heavy atom. The number of aromatic nitrogens is 5. The first-order valence-corrected chi connectivity index (χ1v) is 11.0. The maximum absolute atomic E-state index is 13.0. The third-order valence-corrected chi connectivity index (χ3v) is 5.87. The van der Waals surface area contributed by atoms with Gasteiger partial charge in [-0.25, -0.2) is 9.48 Å². The van der Waals surface area contributed by atoms with Crippen LogP contribution in [0.5, 0.6) is 0 Å². The van der Waals surface area contributed by atoms with E-state index in [1.165, 1.54) is 6.07 Å². The largest absolute Gasteiger partial charge is 0.417 e. The van der Waals surface area contributed by atoms with Crippen LogP contribution in [0.15, 0.2) is 77.9 Å². The zero-order valence-corrected chi connectivity index (χ0v) is 19.2. The fraction of sp³-hybridized carbons (Fsp3) is 0.0833. The maximum Gasteiger partial charge on any atom is 0.417 e. The van der Waals surface area contributed by atoms with Crippen LogP contribution in [0.3, 0.4) is 0 Å². The molecule has 0 amide bonds. The van der Waals surface area contributed by atoms with Gasteiger partial charge in [-0.2, -0.15) is 22.8 Å². The van der Waals surface area contributed by atoms with E-state index >= 15 is 0 Å². The Balaban J connectivity index is 1.66. The Kier molecular flexibility index (Phi) is 5.82. The molecular weight excluding hydrogens is 502 g/mol. The number of halogens is 5. The fourth-order valence-corrected chi connectivity index (χ4v) is 3.90. The van der Waals surface area contributed by atoms with Crippen molar-refractivity contribution >= 4 is 28.8 Å². The number of hydrogen-bond acceptors (Lipinski definition) is 4. The Morgan fingerprint density at radius 1 is 0.829 bits per heavy atom. The standard InChI is InChI=1S/C24H14Cl2F3N5O/c25-17-6-1-14(2-7-17)20-12-31-34-22(21(20)15-3-8-18(26)9-4-15)32-33(23(34)35)13-19-10-5-16(11-30-19)24(27,28)29/h1-12H,13H2. The van der Waals surface area contributed by atoms with Gasteiger partial charge in [-0.3, -0.25) is 4.98 Å². The van der Waals surface area contributed by atoms with Gasteiger partial charge in [0.2, 0.25) is 0 Å². The lowest BCUT2D eigenvalue weighted by Gasteiger charge is -2.11. The molecule has 0 atom stereocenters. The summed E-state index contributed by atoms with van der Waals surface area (Å²) in [4.78, 5) is 16.9. The van der Waals surface area contributed by atoms with Crippen molar-refractivity contribution in [2.75, 3.05) is 0 Å². The van der Waals surface area contributed by atoms with E-state index in [1.54, 1.807) is 42.6 Å². The molecule has 3 aromatic heterocycles. The summed E-state index contributed by atoms with van der Waals surface area (Å²) in [6.45, 7) is -0.128. The summed E-state index contributed by atoms with van der Waals surface area (Å²) in [7, 11) is 0. The molecule has 0 aliphatic carbocycles.